The van der Waals surface area contributed by atoms with Crippen molar-refractivity contribution in [2.24, 2.45) is 7.05 Å². The third-order valence-electron chi connectivity index (χ3n) is 3.37. The molecule has 0 aliphatic rings. The van der Waals surface area contributed by atoms with Gasteiger partial charge in [0, 0.05) is 13.1 Å². The molecule has 0 saturated heterocycles. The van der Waals surface area contributed by atoms with Gasteiger partial charge in [-0.1, -0.05) is 13.3 Å². The number of aromatic amines is 1. The first-order valence-corrected chi connectivity index (χ1v) is 7.05. The molecule has 110 valence electrons. The zero-order valence-electron chi connectivity index (χ0n) is 11.7. The number of nitrogens with zero attached hydrogens (tertiary/aromatic N) is 3. The fourth-order valence-electron chi connectivity index (χ4n) is 2.51. The molecule has 0 aliphatic carbocycles. The smallest absolute Gasteiger partial charge is 0.184 e. The normalized spacial score (nSPS) is 11.4. The van der Waals surface area contributed by atoms with Gasteiger partial charge in [-0.3, -0.25) is 4.57 Å². The Balaban J connectivity index is 2.32. The van der Waals surface area contributed by atoms with Crippen LogP contribution in [0.5, 0.6) is 0 Å². The number of rotatable bonds is 3. The van der Waals surface area contributed by atoms with Crippen LogP contribution in [-0.2, 0) is 13.5 Å². The van der Waals surface area contributed by atoms with Crippen molar-refractivity contribution in [2.75, 3.05) is 0 Å². The Morgan fingerprint density at radius 1 is 1.33 bits per heavy atom. The monoisotopic (exact) mass is 308 g/mol. The number of aromatic nitrogens is 4. The topological polar surface area (TPSA) is 38.5 Å². The molecule has 1 N–H and O–H groups in total. The van der Waals surface area contributed by atoms with E-state index >= 15 is 0 Å². The minimum atomic E-state index is -0.662. The summed E-state index contributed by atoms with van der Waals surface area (Å²) in [6.07, 6.45) is 1.75. The van der Waals surface area contributed by atoms with E-state index in [1.165, 1.54) is 12.1 Å². The van der Waals surface area contributed by atoms with Crippen LogP contribution >= 0.6 is 12.2 Å². The first-order valence-electron chi connectivity index (χ1n) is 6.65. The van der Waals surface area contributed by atoms with Crippen LogP contribution in [-0.4, -0.2) is 19.3 Å². The third kappa shape index (κ3) is 2.17. The number of imidazole rings is 1. The number of nitrogens with one attached hydrogen (secondary N) is 1. The standard InChI is InChI=1S/C14H14F2N4S/c1-3-4-10-12-13(19(2)18-10)20(14(21)17-12)11-6-5-8(15)7-9(11)16/h5-7H,3-4H2,1-2H3,(H,17,21). The Labute approximate surface area is 125 Å². The van der Waals surface area contributed by atoms with Crippen molar-refractivity contribution < 1.29 is 8.78 Å². The molecule has 0 saturated carbocycles. The molecule has 7 heteroatoms. The molecule has 3 rings (SSSR count). The van der Waals surface area contributed by atoms with Gasteiger partial charge in [0.25, 0.3) is 0 Å². The fourth-order valence-corrected chi connectivity index (χ4v) is 2.80. The lowest BCUT2D eigenvalue weighted by Crippen LogP contribution is -2.03. The van der Waals surface area contributed by atoms with Crippen LogP contribution in [0.1, 0.15) is 19.0 Å². The second-order valence-corrected chi connectivity index (χ2v) is 5.27. The van der Waals surface area contributed by atoms with Gasteiger partial charge in [-0.25, -0.2) is 13.5 Å². The maximum absolute atomic E-state index is 14.1. The Bertz CT molecular complexity index is 875. The van der Waals surface area contributed by atoms with Gasteiger partial charge < -0.3 is 4.98 Å². The molecule has 0 unspecified atom stereocenters. The number of benzene rings is 1. The summed E-state index contributed by atoms with van der Waals surface area (Å²) < 4.78 is 30.7. The second-order valence-electron chi connectivity index (χ2n) is 4.88. The van der Waals surface area contributed by atoms with Gasteiger partial charge in [-0.2, -0.15) is 5.10 Å². The van der Waals surface area contributed by atoms with E-state index in [9.17, 15) is 8.78 Å². The number of H-pyrrole nitrogens is 1. The molecule has 1 aromatic carbocycles. The summed E-state index contributed by atoms with van der Waals surface area (Å²) in [5.41, 5.74) is 2.57. The summed E-state index contributed by atoms with van der Waals surface area (Å²) in [5, 5.41) is 4.44. The summed E-state index contributed by atoms with van der Waals surface area (Å²) in [5.74, 6) is -1.28. The lowest BCUT2D eigenvalue weighted by molar-refractivity contribution is 0.577. The van der Waals surface area contributed by atoms with Gasteiger partial charge >= 0.3 is 0 Å². The van der Waals surface area contributed by atoms with Crippen LogP contribution in [0.2, 0.25) is 0 Å². The summed E-state index contributed by atoms with van der Waals surface area (Å²) >= 11 is 5.29. The minimum absolute atomic E-state index is 0.207. The van der Waals surface area contributed by atoms with Gasteiger partial charge in [0.05, 0.1) is 11.4 Å². The van der Waals surface area contributed by atoms with Crippen LogP contribution < -0.4 is 0 Å². The molecule has 0 atom stereocenters. The lowest BCUT2D eigenvalue weighted by Gasteiger charge is -2.06. The molecule has 0 amide bonds. The Morgan fingerprint density at radius 2 is 2.10 bits per heavy atom. The molecular formula is C14H14F2N4S. The largest absolute Gasteiger partial charge is 0.327 e. The molecule has 3 aromatic rings. The Morgan fingerprint density at radius 3 is 2.76 bits per heavy atom. The molecular weight excluding hydrogens is 294 g/mol. The van der Waals surface area contributed by atoms with Gasteiger partial charge in [0.2, 0.25) is 0 Å². The van der Waals surface area contributed by atoms with Gasteiger partial charge in [-0.05, 0) is 30.8 Å². The SMILES string of the molecule is CCCc1nn(C)c2c1[nH]c(=S)n2-c1ccc(F)cc1F. The fraction of sp³-hybridized carbons (Fsp3) is 0.286. The van der Waals surface area contributed by atoms with Crippen LogP contribution in [0.25, 0.3) is 16.9 Å². The van der Waals surface area contributed by atoms with E-state index in [4.69, 9.17) is 12.2 Å². The summed E-state index contributed by atoms with van der Waals surface area (Å²) in [4.78, 5) is 3.08. The molecule has 2 aromatic heterocycles. The second kappa shape index (κ2) is 5.07. The number of halogens is 2. The van der Waals surface area contributed by atoms with E-state index in [1.54, 1.807) is 16.3 Å². The highest BCUT2D eigenvalue weighted by atomic mass is 32.1. The highest BCUT2D eigenvalue weighted by Gasteiger charge is 2.18. The predicted molar refractivity (Wildman–Crippen MR) is 79.1 cm³/mol. The Hall–Kier alpha value is -2.02. The number of hydrogen-bond acceptors (Lipinski definition) is 2. The molecule has 0 fully saturated rings. The zero-order valence-corrected chi connectivity index (χ0v) is 12.5. The van der Waals surface area contributed by atoms with E-state index in [2.05, 4.69) is 17.0 Å². The maximum Gasteiger partial charge on any atom is 0.184 e. The van der Waals surface area contributed by atoms with Gasteiger partial charge in [0.1, 0.15) is 17.2 Å². The quantitative estimate of drug-likeness (QED) is 0.750. The number of aryl methyl sites for hydroxylation is 2. The number of hydrogen-bond donors (Lipinski definition) is 1. The molecule has 2 heterocycles. The van der Waals surface area contributed by atoms with Crippen molar-refractivity contribution in [3.63, 3.8) is 0 Å². The van der Waals surface area contributed by atoms with Crippen LogP contribution in [0.4, 0.5) is 8.78 Å². The minimum Gasteiger partial charge on any atom is -0.327 e. The Kier molecular flexibility index (Phi) is 3.36. The van der Waals surface area contributed by atoms with Crippen molar-refractivity contribution in [1.29, 1.82) is 0 Å². The first kappa shape index (κ1) is 13.9. The van der Waals surface area contributed by atoms with E-state index in [0.717, 1.165) is 30.1 Å². The van der Waals surface area contributed by atoms with E-state index in [0.29, 0.717) is 10.4 Å². The predicted octanol–water partition coefficient (Wildman–Crippen LogP) is 3.65. The van der Waals surface area contributed by atoms with Crippen molar-refractivity contribution in [1.82, 2.24) is 19.3 Å². The molecule has 0 bridgehead atoms. The van der Waals surface area contributed by atoms with Gasteiger partial charge in [-0.15, -0.1) is 0 Å². The molecule has 0 radical (unpaired) electrons. The molecule has 0 aliphatic heterocycles. The highest BCUT2D eigenvalue weighted by Crippen LogP contribution is 2.24. The third-order valence-corrected chi connectivity index (χ3v) is 3.66. The maximum atomic E-state index is 14.1. The molecule has 0 spiro atoms. The zero-order chi connectivity index (χ0) is 15.1. The van der Waals surface area contributed by atoms with Crippen LogP contribution in [0, 0.1) is 16.4 Å². The lowest BCUT2D eigenvalue weighted by atomic mass is 10.2. The summed E-state index contributed by atoms with van der Waals surface area (Å²) in [7, 11) is 1.78. The summed E-state index contributed by atoms with van der Waals surface area (Å²) in [6.45, 7) is 2.06. The van der Waals surface area contributed by atoms with E-state index in [1.807, 2.05) is 0 Å². The van der Waals surface area contributed by atoms with Crippen LogP contribution in [0.3, 0.4) is 0 Å². The average molecular weight is 308 g/mol. The van der Waals surface area contributed by atoms with Crippen LogP contribution in [0.15, 0.2) is 18.2 Å². The van der Waals surface area contributed by atoms with Crippen molar-refractivity contribution in [3.8, 4) is 5.69 Å². The molecule has 21 heavy (non-hydrogen) atoms. The molecule has 4 nitrogen and oxygen atoms in total. The number of fused-ring (bicyclic) bond motifs is 1. The summed E-state index contributed by atoms with van der Waals surface area (Å²) in [6, 6.07) is 3.43. The van der Waals surface area contributed by atoms with Crippen molar-refractivity contribution in [2.45, 2.75) is 19.8 Å². The van der Waals surface area contributed by atoms with E-state index < -0.39 is 11.6 Å². The average Bonchev–Trinajstić information content (AvgIpc) is 2.89. The van der Waals surface area contributed by atoms with Gasteiger partial charge in [0.15, 0.2) is 10.4 Å². The first-order chi connectivity index (χ1) is 10.0. The van der Waals surface area contributed by atoms with Crippen molar-refractivity contribution >= 4 is 23.4 Å². The highest BCUT2D eigenvalue weighted by molar-refractivity contribution is 7.71. The van der Waals surface area contributed by atoms with E-state index in [-0.39, 0.29) is 5.69 Å². The van der Waals surface area contributed by atoms with Crippen molar-refractivity contribution in [3.05, 3.63) is 40.3 Å².